The van der Waals surface area contributed by atoms with Gasteiger partial charge in [0.15, 0.2) is 12.1 Å². The zero-order chi connectivity index (χ0) is 13.0. The number of rotatable bonds is 5. The van der Waals surface area contributed by atoms with Gasteiger partial charge in [-0.25, -0.2) is 4.79 Å². The van der Waals surface area contributed by atoms with Crippen LogP contribution < -0.4 is 5.32 Å². The summed E-state index contributed by atoms with van der Waals surface area (Å²) < 4.78 is 9.57. The SMILES string of the molecule is O=C(O)c1coc(C(=O)NCCc2ncno2)c1. The molecule has 2 aromatic heterocycles. The molecule has 0 fully saturated rings. The quantitative estimate of drug-likeness (QED) is 0.785. The van der Waals surface area contributed by atoms with Gasteiger partial charge in [0.1, 0.15) is 6.26 Å². The molecule has 0 saturated carbocycles. The van der Waals surface area contributed by atoms with Crippen LogP contribution in [0.1, 0.15) is 26.8 Å². The first-order chi connectivity index (χ1) is 8.66. The minimum atomic E-state index is -1.15. The van der Waals surface area contributed by atoms with Crippen molar-refractivity contribution < 1.29 is 23.6 Å². The van der Waals surface area contributed by atoms with Crippen molar-refractivity contribution in [2.45, 2.75) is 6.42 Å². The highest BCUT2D eigenvalue weighted by Crippen LogP contribution is 2.07. The van der Waals surface area contributed by atoms with E-state index in [1.54, 1.807) is 0 Å². The van der Waals surface area contributed by atoms with E-state index in [1.807, 2.05) is 0 Å². The smallest absolute Gasteiger partial charge is 0.338 e. The van der Waals surface area contributed by atoms with Gasteiger partial charge in [-0.05, 0) is 0 Å². The molecular formula is C10H9N3O5. The van der Waals surface area contributed by atoms with Crippen LogP contribution in [-0.4, -0.2) is 33.7 Å². The van der Waals surface area contributed by atoms with E-state index >= 15 is 0 Å². The standard InChI is InChI=1S/C10H9N3O5/c14-9(7-3-6(4-17-7)10(15)16)11-2-1-8-12-5-13-18-8/h3-5H,1-2H2,(H,11,14)(H,15,16). The van der Waals surface area contributed by atoms with E-state index in [2.05, 4.69) is 15.5 Å². The Morgan fingerprint density at radius 2 is 2.28 bits per heavy atom. The molecule has 94 valence electrons. The van der Waals surface area contributed by atoms with Crippen LogP contribution in [0.25, 0.3) is 0 Å². The van der Waals surface area contributed by atoms with Crippen molar-refractivity contribution in [3.05, 3.63) is 35.9 Å². The van der Waals surface area contributed by atoms with Gasteiger partial charge in [0, 0.05) is 19.0 Å². The molecule has 8 nitrogen and oxygen atoms in total. The van der Waals surface area contributed by atoms with Crippen LogP contribution in [0, 0.1) is 0 Å². The molecule has 8 heteroatoms. The van der Waals surface area contributed by atoms with E-state index < -0.39 is 11.9 Å². The van der Waals surface area contributed by atoms with Crippen LogP contribution in [0.15, 0.2) is 27.6 Å². The summed E-state index contributed by atoms with van der Waals surface area (Å²) in [5, 5.41) is 14.6. The molecule has 0 unspecified atom stereocenters. The van der Waals surface area contributed by atoms with Crippen molar-refractivity contribution in [3.8, 4) is 0 Å². The Bertz CT molecular complexity index is 546. The highest BCUT2D eigenvalue weighted by molar-refractivity contribution is 5.95. The monoisotopic (exact) mass is 251 g/mol. The molecule has 0 atom stereocenters. The molecule has 0 bridgehead atoms. The Labute approximate surface area is 101 Å². The van der Waals surface area contributed by atoms with E-state index in [4.69, 9.17) is 14.0 Å². The van der Waals surface area contributed by atoms with Gasteiger partial charge in [-0.3, -0.25) is 4.79 Å². The largest absolute Gasteiger partial charge is 0.478 e. The summed E-state index contributed by atoms with van der Waals surface area (Å²) in [7, 11) is 0. The third-order valence-corrected chi connectivity index (χ3v) is 2.10. The predicted molar refractivity (Wildman–Crippen MR) is 56.0 cm³/mol. The first-order valence-corrected chi connectivity index (χ1v) is 5.02. The minimum Gasteiger partial charge on any atom is -0.478 e. The molecule has 2 heterocycles. The van der Waals surface area contributed by atoms with Crippen molar-refractivity contribution in [2.24, 2.45) is 0 Å². The maximum atomic E-state index is 11.5. The highest BCUT2D eigenvalue weighted by atomic mass is 16.5. The molecule has 0 aromatic carbocycles. The molecule has 2 N–H and O–H groups in total. The summed E-state index contributed by atoms with van der Waals surface area (Å²) in [4.78, 5) is 25.9. The van der Waals surface area contributed by atoms with Gasteiger partial charge in [0.2, 0.25) is 5.89 Å². The molecule has 0 aliphatic rings. The third-order valence-electron chi connectivity index (χ3n) is 2.10. The number of carbonyl (C=O) groups is 2. The van der Waals surface area contributed by atoms with Gasteiger partial charge in [0.25, 0.3) is 5.91 Å². The van der Waals surface area contributed by atoms with E-state index in [0.717, 1.165) is 12.3 Å². The third kappa shape index (κ3) is 2.73. The zero-order valence-electron chi connectivity index (χ0n) is 9.12. The van der Waals surface area contributed by atoms with Crippen LogP contribution in [0.5, 0.6) is 0 Å². The van der Waals surface area contributed by atoms with Crippen LogP contribution >= 0.6 is 0 Å². The fraction of sp³-hybridized carbons (Fsp3) is 0.200. The number of hydrogen-bond donors (Lipinski definition) is 2. The van der Waals surface area contributed by atoms with Crippen LogP contribution in [0.3, 0.4) is 0 Å². The Kier molecular flexibility index (Phi) is 3.37. The van der Waals surface area contributed by atoms with Crippen molar-refractivity contribution in [1.29, 1.82) is 0 Å². The van der Waals surface area contributed by atoms with Crippen molar-refractivity contribution in [3.63, 3.8) is 0 Å². The molecule has 0 aliphatic heterocycles. The second kappa shape index (κ2) is 5.13. The second-order valence-electron chi connectivity index (χ2n) is 3.35. The summed E-state index contributed by atoms with van der Waals surface area (Å²) >= 11 is 0. The Hall–Kier alpha value is -2.64. The van der Waals surface area contributed by atoms with Gasteiger partial charge in [0.05, 0.1) is 5.56 Å². The Morgan fingerprint density at radius 3 is 2.89 bits per heavy atom. The summed E-state index contributed by atoms with van der Waals surface area (Å²) in [5.74, 6) is -1.30. The van der Waals surface area contributed by atoms with Gasteiger partial charge in [-0.1, -0.05) is 5.16 Å². The summed E-state index contributed by atoms with van der Waals surface area (Å²) in [6, 6.07) is 1.16. The number of aromatic nitrogens is 2. The van der Waals surface area contributed by atoms with E-state index in [9.17, 15) is 9.59 Å². The lowest BCUT2D eigenvalue weighted by Crippen LogP contribution is -2.25. The Morgan fingerprint density at radius 1 is 1.44 bits per heavy atom. The van der Waals surface area contributed by atoms with Crippen LogP contribution in [0.4, 0.5) is 0 Å². The number of nitrogens with one attached hydrogen (secondary N) is 1. The molecule has 0 radical (unpaired) electrons. The van der Waals surface area contributed by atoms with Gasteiger partial charge in [-0.2, -0.15) is 4.98 Å². The van der Waals surface area contributed by atoms with Crippen LogP contribution in [-0.2, 0) is 6.42 Å². The summed E-state index contributed by atoms with van der Waals surface area (Å²) in [6.45, 7) is 0.282. The number of nitrogens with zero attached hydrogens (tertiary/aromatic N) is 2. The molecule has 0 spiro atoms. The van der Waals surface area contributed by atoms with Crippen molar-refractivity contribution in [2.75, 3.05) is 6.54 Å². The minimum absolute atomic E-state index is 0.0575. The topological polar surface area (TPSA) is 118 Å². The molecule has 18 heavy (non-hydrogen) atoms. The first kappa shape index (κ1) is 11.8. The molecule has 2 rings (SSSR count). The first-order valence-electron chi connectivity index (χ1n) is 5.02. The highest BCUT2D eigenvalue weighted by Gasteiger charge is 2.14. The van der Waals surface area contributed by atoms with Crippen molar-refractivity contribution in [1.82, 2.24) is 15.5 Å². The molecular weight excluding hydrogens is 242 g/mol. The van der Waals surface area contributed by atoms with E-state index in [-0.39, 0.29) is 17.9 Å². The second-order valence-corrected chi connectivity index (χ2v) is 3.35. The van der Waals surface area contributed by atoms with E-state index in [1.165, 1.54) is 6.33 Å². The lowest BCUT2D eigenvalue weighted by molar-refractivity contribution is 0.0696. The predicted octanol–water partition coefficient (Wildman–Crippen LogP) is 0.333. The van der Waals surface area contributed by atoms with Gasteiger partial charge < -0.3 is 19.4 Å². The van der Waals surface area contributed by atoms with E-state index in [0.29, 0.717) is 12.3 Å². The number of aromatic carboxylic acids is 1. The van der Waals surface area contributed by atoms with Crippen LogP contribution in [0.2, 0.25) is 0 Å². The normalized spacial score (nSPS) is 10.2. The number of amides is 1. The summed E-state index contributed by atoms with van der Waals surface area (Å²) in [6.07, 6.45) is 2.66. The zero-order valence-corrected chi connectivity index (χ0v) is 9.12. The fourth-order valence-corrected chi connectivity index (χ4v) is 1.24. The number of carboxylic acids is 1. The average Bonchev–Trinajstić information content (AvgIpc) is 2.99. The van der Waals surface area contributed by atoms with Crippen molar-refractivity contribution >= 4 is 11.9 Å². The Balaban J connectivity index is 1.85. The number of carbonyl (C=O) groups excluding carboxylic acids is 1. The number of carboxylic acid groups (broad SMARTS) is 1. The molecule has 0 aliphatic carbocycles. The maximum absolute atomic E-state index is 11.5. The molecule has 2 aromatic rings. The summed E-state index contributed by atoms with van der Waals surface area (Å²) in [5.41, 5.74) is -0.0722. The molecule has 1 amide bonds. The number of furan rings is 1. The molecule has 0 saturated heterocycles. The average molecular weight is 251 g/mol. The fourth-order valence-electron chi connectivity index (χ4n) is 1.24. The lowest BCUT2D eigenvalue weighted by atomic mass is 10.3. The maximum Gasteiger partial charge on any atom is 0.338 e. The lowest BCUT2D eigenvalue weighted by Gasteiger charge is -1.99. The number of hydrogen-bond acceptors (Lipinski definition) is 6. The van der Waals surface area contributed by atoms with Gasteiger partial charge >= 0.3 is 5.97 Å². The van der Waals surface area contributed by atoms with Gasteiger partial charge in [-0.15, -0.1) is 0 Å².